The van der Waals surface area contributed by atoms with Crippen LogP contribution in [0.1, 0.15) is 22.3 Å². The predicted molar refractivity (Wildman–Crippen MR) is 54.3 cm³/mol. The summed E-state index contributed by atoms with van der Waals surface area (Å²) < 4.78 is 10.2. The van der Waals surface area contributed by atoms with Crippen molar-refractivity contribution in [1.82, 2.24) is 10.2 Å². The molecule has 7 heteroatoms. The minimum Gasteiger partial charge on any atom is -0.475 e. The van der Waals surface area contributed by atoms with Crippen molar-refractivity contribution in [1.29, 1.82) is 0 Å². The van der Waals surface area contributed by atoms with E-state index in [2.05, 4.69) is 10.2 Å². The molecule has 0 fully saturated rings. The number of aromatic carboxylic acids is 1. The number of hydrogen-bond acceptors (Lipinski definition) is 6. The van der Waals surface area contributed by atoms with Crippen molar-refractivity contribution < 1.29 is 18.7 Å². The second-order valence-electron chi connectivity index (χ2n) is 2.93. The molecule has 0 spiro atoms. The molecule has 0 unspecified atom stereocenters. The lowest BCUT2D eigenvalue weighted by Crippen LogP contribution is -1.91. The molecular weight excluding hydrogens is 232 g/mol. The Morgan fingerprint density at radius 1 is 1.44 bits per heavy atom. The van der Waals surface area contributed by atoms with E-state index in [1.807, 2.05) is 0 Å². The maximum Gasteiger partial charge on any atom is 0.371 e. The standard InChI is InChI=1S/C9H8N2O4S/c1-5-10-11-7(14-5)4-16-8-3-2-6(15-8)9(12)13/h2-3H,4H2,1H3,(H,12,13). The van der Waals surface area contributed by atoms with E-state index in [4.69, 9.17) is 13.9 Å². The highest BCUT2D eigenvalue weighted by Gasteiger charge is 2.10. The Balaban J connectivity index is 1.97. The first-order valence-corrected chi connectivity index (χ1v) is 5.38. The SMILES string of the molecule is Cc1nnc(CSc2ccc(C(=O)O)o2)o1. The summed E-state index contributed by atoms with van der Waals surface area (Å²) in [7, 11) is 0. The third-order valence-electron chi connectivity index (χ3n) is 1.70. The van der Waals surface area contributed by atoms with Crippen LogP contribution in [0, 0.1) is 6.92 Å². The molecule has 0 atom stereocenters. The van der Waals surface area contributed by atoms with Crippen LogP contribution in [0.2, 0.25) is 0 Å². The van der Waals surface area contributed by atoms with E-state index in [9.17, 15) is 4.79 Å². The molecule has 0 saturated heterocycles. The number of aromatic nitrogens is 2. The first-order valence-electron chi connectivity index (χ1n) is 4.40. The number of thioether (sulfide) groups is 1. The Kier molecular flexibility index (Phi) is 2.95. The molecule has 0 amide bonds. The Morgan fingerprint density at radius 2 is 2.25 bits per heavy atom. The zero-order valence-electron chi connectivity index (χ0n) is 8.34. The minimum atomic E-state index is -1.08. The molecule has 2 aromatic rings. The van der Waals surface area contributed by atoms with Crippen molar-refractivity contribution >= 4 is 17.7 Å². The van der Waals surface area contributed by atoms with Gasteiger partial charge in [0.25, 0.3) is 0 Å². The highest BCUT2D eigenvalue weighted by Crippen LogP contribution is 2.24. The summed E-state index contributed by atoms with van der Waals surface area (Å²) >= 11 is 1.30. The molecule has 1 N–H and O–H groups in total. The van der Waals surface area contributed by atoms with Gasteiger partial charge in [-0.05, 0) is 12.1 Å². The van der Waals surface area contributed by atoms with Crippen LogP contribution in [-0.4, -0.2) is 21.3 Å². The minimum absolute atomic E-state index is 0.0794. The van der Waals surface area contributed by atoms with E-state index >= 15 is 0 Å². The second-order valence-corrected chi connectivity index (χ2v) is 3.91. The molecule has 6 nitrogen and oxygen atoms in total. The van der Waals surface area contributed by atoms with E-state index in [0.717, 1.165) is 0 Å². The first-order chi connectivity index (χ1) is 7.65. The summed E-state index contributed by atoms with van der Waals surface area (Å²) in [6.45, 7) is 1.70. The smallest absolute Gasteiger partial charge is 0.371 e. The van der Waals surface area contributed by atoms with Crippen LogP contribution in [0.3, 0.4) is 0 Å². The van der Waals surface area contributed by atoms with Gasteiger partial charge >= 0.3 is 5.97 Å². The lowest BCUT2D eigenvalue weighted by molar-refractivity contribution is 0.0656. The van der Waals surface area contributed by atoms with E-state index < -0.39 is 5.97 Å². The van der Waals surface area contributed by atoms with Gasteiger partial charge in [0, 0.05) is 6.92 Å². The molecule has 0 saturated carbocycles. The summed E-state index contributed by atoms with van der Waals surface area (Å²) in [5.74, 6) is 0.273. The zero-order valence-corrected chi connectivity index (χ0v) is 9.15. The zero-order chi connectivity index (χ0) is 11.5. The van der Waals surface area contributed by atoms with Gasteiger partial charge in [-0.1, -0.05) is 11.8 Å². The van der Waals surface area contributed by atoms with Crippen LogP contribution in [0.4, 0.5) is 0 Å². The molecule has 0 aliphatic rings. The van der Waals surface area contributed by atoms with Crippen LogP contribution >= 0.6 is 11.8 Å². The first kappa shape index (κ1) is 10.7. The van der Waals surface area contributed by atoms with Crippen LogP contribution in [0.25, 0.3) is 0 Å². The molecule has 0 radical (unpaired) electrons. The average molecular weight is 240 g/mol. The van der Waals surface area contributed by atoms with Crippen molar-refractivity contribution in [3.63, 3.8) is 0 Å². The van der Waals surface area contributed by atoms with Gasteiger partial charge in [-0.15, -0.1) is 10.2 Å². The summed E-state index contributed by atoms with van der Waals surface area (Å²) in [6, 6.07) is 3.00. The van der Waals surface area contributed by atoms with Crippen molar-refractivity contribution in [2.45, 2.75) is 17.8 Å². The molecule has 2 heterocycles. The summed E-state index contributed by atoms with van der Waals surface area (Å²) in [5.41, 5.74) is 0. The molecule has 2 aromatic heterocycles. The third kappa shape index (κ3) is 2.43. The van der Waals surface area contributed by atoms with Gasteiger partial charge in [-0.3, -0.25) is 0 Å². The fraction of sp³-hybridized carbons (Fsp3) is 0.222. The summed E-state index contributed by atoms with van der Waals surface area (Å²) in [4.78, 5) is 10.5. The predicted octanol–water partition coefficient (Wildman–Crippen LogP) is 1.96. The maximum absolute atomic E-state index is 10.5. The number of hydrogen-bond donors (Lipinski definition) is 1. The highest BCUT2D eigenvalue weighted by molar-refractivity contribution is 7.98. The molecule has 16 heavy (non-hydrogen) atoms. The van der Waals surface area contributed by atoms with Gasteiger partial charge in [-0.2, -0.15) is 0 Å². The van der Waals surface area contributed by atoms with E-state index in [0.29, 0.717) is 22.6 Å². The Labute approximate surface area is 94.7 Å². The number of carboxylic acids is 1. The maximum atomic E-state index is 10.5. The van der Waals surface area contributed by atoms with Gasteiger partial charge in [0.05, 0.1) is 5.75 Å². The van der Waals surface area contributed by atoms with E-state index in [-0.39, 0.29) is 5.76 Å². The van der Waals surface area contributed by atoms with Gasteiger partial charge in [0.1, 0.15) is 0 Å². The van der Waals surface area contributed by atoms with Crippen molar-refractivity contribution in [2.75, 3.05) is 0 Å². The van der Waals surface area contributed by atoms with Crippen LogP contribution in [0.15, 0.2) is 26.1 Å². The highest BCUT2D eigenvalue weighted by atomic mass is 32.2. The van der Waals surface area contributed by atoms with Crippen LogP contribution < -0.4 is 0 Å². The molecule has 0 aliphatic heterocycles. The largest absolute Gasteiger partial charge is 0.475 e. The van der Waals surface area contributed by atoms with Crippen LogP contribution in [-0.2, 0) is 5.75 Å². The van der Waals surface area contributed by atoms with Gasteiger partial charge in [0.2, 0.25) is 17.5 Å². The van der Waals surface area contributed by atoms with Crippen molar-refractivity contribution in [3.8, 4) is 0 Å². The number of nitrogens with zero attached hydrogens (tertiary/aromatic N) is 2. The quantitative estimate of drug-likeness (QED) is 0.817. The van der Waals surface area contributed by atoms with Crippen molar-refractivity contribution in [3.05, 3.63) is 29.7 Å². The molecule has 0 aliphatic carbocycles. The Hall–Kier alpha value is -1.76. The van der Waals surface area contributed by atoms with Crippen LogP contribution in [0.5, 0.6) is 0 Å². The number of carboxylic acid groups (broad SMARTS) is 1. The fourth-order valence-electron chi connectivity index (χ4n) is 1.04. The van der Waals surface area contributed by atoms with Gasteiger partial charge in [0.15, 0.2) is 5.09 Å². The summed E-state index contributed by atoms with van der Waals surface area (Å²) in [5, 5.41) is 16.6. The van der Waals surface area contributed by atoms with Gasteiger partial charge < -0.3 is 13.9 Å². The normalized spacial score (nSPS) is 10.6. The Bertz CT molecular complexity index is 505. The molecule has 84 valence electrons. The lowest BCUT2D eigenvalue weighted by Gasteiger charge is -1.92. The monoisotopic (exact) mass is 240 g/mol. The number of aryl methyl sites for hydroxylation is 1. The molecule has 0 aromatic carbocycles. The second kappa shape index (κ2) is 4.40. The molecule has 0 bridgehead atoms. The molecular formula is C9H8N2O4S. The summed E-state index contributed by atoms with van der Waals surface area (Å²) in [6.07, 6.45) is 0. The average Bonchev–Trinajstić information content (AvgIpc) is 2.83. The number of carbonyl (C=O) groups is 1. The molecule has 2 rings (SSSR count). The third-order valence-corrected chi connectivity index (χ3v) is 2.59. The topological polar surface area (TPSA) is 89.4 Å². The Morgan fingerprint density at radius 3 is 2.81 bits per heavy atom. The number of rotatable bonds is 4. The van der Waals surface area contributed by atoms with Crippen molar-refractivity contribution in [2.24, 2.45) is 0 Å². The number of furan rings is 1. The van der Waals surface area contributed by atoms with E-state index in [1.54, 1.807) is 13.0 Å². The fourth-order valence-corrected chi connectivity index (χ4v) is 1.74. The van der Waals surface area contributed by atoms with Gasteiger partial charge in [-0.25, -0.2) is 4.79 Å². The lowest BCUT2D eigenvalue weighted by atomic mass is 10.5. The van der Waals surface area contributed by atoms with E-state index in [1.165, 1.54) is 17.8 Å².